The van der Waals surface area contributed by atoms with Crippen LogP contribution in [0.15, 0.2) is 22.7 Å². The molecule has 0 aromatic heterocycles. The van der Waals surface area contributed by atoms with Crippen LogP contribution in [0.3, 0.4) is 0 Å². The molecule has 0 aliphatic carbocycles. The Morgan fingerprint density at radius 1 is 1.45 bits per heavy atom. The Bertz CT molecular complexity index is 495. The fraction of sp³-hybridized carbons (Fsp3) is 0.571. The van der Waals surface area contributed by atoms with Crippen molar-refractivity contribution in [1.29, 1.82) is 0 Å². The second-order valence-electron chi connectivity index (χ2n) is 5.32. The van der Waals surface area contributed by atoms with E-state index < -0.39 is 0 Å². The molecule has 110 valence electrons. The third-order valence-corrected chi connectivity index (χ3v) is 4.62. The Labute approximate surface area is 127 Å². The summed E-state index contributed by atoms with van der Waals surface area (Å²) >= 11 is 3.22. The first-order valence-corrected chi connectivity index (χ1v) is 7.66. The van der Waals surface area contributed by atoms with Crippen LogP contribution in [0.2, 0.25) is 0 Å². The number of hydrogen-bond donors (Lipinski definition) is 0. The van der Waals surface area contributed by atoms with Gasteiger partial charge in [-0.05, 0) is 41.0 Å². The third kappa shape index (κ3) is 3.56. The van der Waals surface area contributed by atoms with Crippen molar-refractivity contribution in [3.05, 3.63) is 38.3 Å². The van der Waals surface area contributed by atoms with Gasteiger partial charge in [-0.2, -0.15) is 0 Å². The lowest BCUT2D eigenvalue weighted by molar-refractivity contribution is -0.385. The molecule has 0 bridgehead atoms. The molecule has 6 heteroatoms. The minimum absolute atomic E-state index is 0.142. The molecule has 1 heterocycles. The standard InChI is InChI=1S/C14H20BrN3O2/c1-3-12-10-17(7-6-16(12)2)9-11-4-5-13(15)14(8-11)18(19)20/h4-5,8,12H,3,6-7,9-10H2,1-2H3. The number of nitro groups is 1. The highest BCUT2D eigenvalue weighted by Gasteiger charge is 2.23. The van der Waals surface area contributed by atoms with Crippen LogP contribution in [0.5, 0.6) is 0 Å². The van der Waals surface area contributed by atoms with Crippen LogP contribution < -0.4 is 0 Å². The highest BCUT2D eigenvalue weighted by molar-refractivity contribution is 9.10. The molecule has 0 radical (unpaired) electrons. The van der Waals surface area contributed by atoms with E-state index in [0.29, 0.717) is 10.5 Å². The van der Waals surface area contributed by atoms with E-state index in [4.69, 9.17) is 0 Å². The van der Waals surface area contributed by atoms with E-state index in [-0.39, 0.29) is 10.6 Å². The van der Waals surface area contributed by atoms with E-state index in [1.165, 1.54) is 0 Å². The quantitative estimate of drug-likeness (QED) is 0.624. The fourth-order valence-corrected chi connectivity index (χ4v) is 3.04. The zero-order valence-electron chi connectivity index (χ0n) is 11.9. The predicted molar refractivity (Wildman–Crippen MR) is 82.8 cm³/mol. The smallest absolute Gasteiger partial charge is 0.283 e. The van der Waals surface area contributed by atoms with Gasteiger partial charge in [-0.1, -0.05) is 13.0 Å². The van der Waals surface area contributed by atoms with Gasteiger partial charge in [0.1, 0.15) is 0 Å². The number of nitrogens with zero attached hydrogens (tertiary/aromatic N) is 3. The van der Waals surface area contributed by atoms with Crippen molar-refractivity contribution in [2.75, 3.05) is 26.7 Å². The molecule has 0 spiro atoms. The number of likely N-dealkylation sites (N-methyl/N-ethyl adjacent to an activating group) is 1. The molecule has 1 fully saturated rings. The molecule has 20 heavy (non-hydrogen) atoms. The van der Waals surface area contributed by atoms with Gasteiger partial charge in [-0.3, -0.25) is 15.0 Å². The van der Waals surface area contributed by atoms with E-state index in [0.717, 1.165) is 38.2 Å². The fourth-order valence-electron chi connectivity index (χ4n) is 2.65. The summed E-state index contributed by atoms with van der Waals surface area (Å²) < 4.78 is 0.538. The van der Waals surface area contributed by atoms with Crippen LogP contribution >= 0.6 is 15.9 Å². The average molecular weight is 342 g/mol. The summed E-state index contributed by atoms with van der Waals surface area (Å²) in [5.41, 5.74) is 1.14. The number of hydrogen-bond acceptors (Lipinski definition) is 4. The Balaban J connectivity index is 2.07. The molecule has 1 aliphatic rings. The molecular formula is C14H20BrN3O2. The Morgan fingerprint density at radius 3 is 2.85 bits per heavy atom. The molecule has 1 aliphatic heterocycles. The van der Waals surface area contributed by atoms with Crippen molar-refractivity contribution in [2.45, 2.75) is 25.9 Å². The molecule has 1 unspecified atom stereocenters. The molecule has 1 aromatic carbocycles. The SMILES string of the molecule is CCC1CN(Cc2ccc(Br)c([N+](=O)[O-])c2)CCN1C. The molecular weight excluding hydrogens is 322 g/mol. The van der Waals surface area contributed by atoms with Gasteiger partial charge in [0.2, 0.25) is 0 Å². The number of halogens is 1. The van der Waals surface area contributed by atoms with Crippen molar-refractivity contribution >= 4 is 21.6 Å². The van der Waals surface area contributed by atoms with Crippen molar-refractivity contribution in [2.24, 2.45) is 0 Å². The lowest BCUT2D eigenvalue weighted by Crippen LogP contribution is -2.50. The van der Waals surface area contributed by atoms with Gasteiger partial charge >= 0.3 is 0 Å². The van der Waals surface area contributed by atoms with Crippen LogP contribution in [-0.2, 0) is 6.54 Å². The van der Waals surface area contributed by atoms with E-state index in [9.17, 15) is 10.1 Å². The zero-order valence-corrected chi connectivity index (χ0v) is 13.5. The number of rotatable bonds is 4. The topological polar surface area (TPSA) is 49.6 Å². The molecule has 1 saturated heterocycles. The summed E-state index contributed by atoms with van der Waals surface area (Å²) in [6.07, 6.45) is 1.13. The summed E-state index contributed by atoms with van der Waals surface area (Å²) in [6, 6.07) is 5.97. The maximum atomic E-state index is 11.0. The Morgan fingerprint density at radius 2 is 2.20 bits per heavy atom. The van der Waals surface area contributed by atoms with E-state index >= 15 is 0 Å². The number of piperazine rings is 1. The van der Waals surface area contributed by atoms with Crippen LogP contribution in [0.4, 0.5) is 5.69 Å². The van der Waals surface area contributed by atoms with Crippen molar-refractivity contribution < 1.29 is 4.92 Å². The summed E-state index contributed by atoms with van der Waals surface area (Å²) in [6.45, 7) is 6.07. The Hall–Kier alpha value is -0.980. The maximum Gasteiger partial charge on any atom is 0.283 e. The Kier molecular flexibility index (Phi) is 5.12. The van der Waals surface area contributed by atoms with Crippen molar-refractivity contribution in [3.8, 4) is 0 Å². The summed E-state index contributed by atoms with van der Waals surface area (Å²) in [5, 5.41) is 11.0. The molecule has 0 N–H and O–H groups in total. The second-order valence-corrected chi connectivity index (χ2v) is 6.18. The molecule has 1 aromatic rings. The van der Waals surface area contributed by atoms with Gasteiger partial charge in [-0.15, -0.1) is 0 Å². The summed E-state index contributed by atoms with van der Waals surface area (Å²) in [5.74, 6) is 0. The summed E-state index contributed by atoms with van der Waals surface area (Å²) in [7, 11) is 2.16. The normalized spacial score (nSPS) is 21.1. The van der Waals surface area contributed by atoms with Crippen molar-refractivity contribution in [3.63, 3.8) is 0 Å². The molecule has 0 saturated carbocycles. The highest BCUT2D eigenvalue weighted by Crippen LogP contribution is 2.26. The monoisotopic (exact) mass is 341 g/mol. The van der Waals surface area contributed by atoms with E-state index in [1.54, 1.807) is 12.1 Å². The predicted octanol–water partition coefficient (Wildman–Crippen LogP) is 2.88. The van der Waals surface area contributed by atoms with Gasteiger partial charge in [0.05, 0.1) is 9.40 Å². The van der Waals surface area contributed by atoms with Crippen LogP contribution in [-0.4, -0.2) is 47.4 Å². The van der Waals surface area contributed by atoms with Gasteiger partial charge in [0.25, 0.3) is 5.69 Å². The van der Waals surface area contributed by atoms with Crippen LogP contribution in [0.25, 0.3) is 0 Å². The zero-order chi connectivity index (χ0) is 14.7. The largest absolute Gasteiger partial charge is 0.301 e. The second kappa shape index (κ2) is 6.65. The third-order valence-electron chi connectivity index (χ3n) is 3.95. The molecule has 1 atom stereocenters. The maximum absolute atomic E-state index is 11.0. The van der Waals surface area contributed by atoms with E-state index in [2.05, 4.69) is 39.7 Å². The summed E-state index contributed by atoms with van der Waals surface area (Å²) in [4.78, 5) is 15.4. The van der Waals surface area contributed by atoms with Crippen molar-refractivity contribution in [1.82, 2.24) is 9.80 Å². The average Bonchev–Trinajstić information content (AvgIpc) is 2.42. The van der Waals surface area contributed by atoms with Crippen LogP contribution in [0, 0.1) is 10.1 Å². The molecule has 0 amide bonds. The minimum Gasteiger partial charge on any atom is -0.301 e. The van der Waals surface area contributed by atoms with Gasteiger partial charge in [0.15, 0.2) is 0 Å². The first-order chi connectivity index (χ1) is 9.51. The first-order valence-electron chi connectivity index (χ1n) is 6.86. The minimum atomic E-state index is -0.341. The van der Waals surface area contributed by atoms with Crippen LogP contribution in [0.1, 0.15) is 18.9 Å². The number of nitro benzene ring substituents is 1. The van der Waals surface area contributed by atoms with Gasteiger partial charge < -0.3 is 4.90 Å². The molecule has 2 rings (SSSR count). The lowest BCUT2D eigenvalue weighted by Gasteiger charge is -2.39. The highest BCUT2D eigenvalue weighted by atomic mass is 79.9. The first kappa shape index (κ1) is 15.4. The van der Waals surface area contributed by atoms with Gasteiger partial charge in [0, 0.05) is 38.3 Å². The lowest BCUT2D eigenvalue weighted by atomic mass is 10.1. The molecule has 5 nitrogen and oxygen atoms in total. The van der Waals surface area contributed by atoms with E-state index in [1.807, 2.05) is 6.07 Å². The van der Waals surface area contributed by atoms with Gasteiger partial charge in [-0.25, -0.2) is 0 Å². The number of benzene rings is 1.